The lowest BCUT2D eigenvalue weighted by Gasteiger charge is -2.08. The van der Waals surface area contributed by atoms with Crippen molar-refractivity contribution >= 4 is 19.2 Å². The number of benzene rings is 2. The lowest BCUT2D eigenvalue weighted by molar-refractivity contribution is 0.480. The van der Waals surface area contributed by atoms with E-state index in [0.717, 1.165) is 10.9 Å². The third-order valence-corrected chi connectivity index (χ3v) is 3.96. The molecule has 1 unspecified atom stereocenters. The first-order chi connectivity index (χ1) is 7.68. The maximum atomic E-state index is 13.6. The largest absolute Gasteiger partial charge is 0.507 e. The number of para-hydroxylation sites is 1. The summed E-state index contributed by atoms with van der Waals surface area (Å²) in [5.74, 6) is 0.0186. The van der Waals surface area contributed by atoms with E-state index in [9.17, 15) is 9.50 Å². The Balaban J connectivity index is 2.38. The predicted octanol–water partition coefficient (Wildman–Crippen LogP) is 2.47. The molecule has 16 heavy (non-hydrogen) atoms. The van der Waals surface area contributed by atoms with Crippen LogP contribution in [0.3, 0.4) is 0 Å². The first kappa shape index (κ1) is 11.1. The van der Waals surface area contributed by atoms with Crippen molar-refractivity contribution in [1.29, 1.82) is 0 Å². The zero-order chi connectivity index (χ0) is 11.5. The van der Waals surface area contributed by atoms with Crippen molar-refractivity contribution < 1.29 is 9.50 Å². The van der Waals surface area contributed by atoms with E-state index in [1.165, 1.54) is 6.07 Å². The number of aryl methyl sites for hydroxylation is 1. The Bertz CT molecular complexity index is 491. The van der Waals surface area contributed by atoms with Crippen molar-refractivity contribution in [1.82, 2.24) is 0 Å². The zero-order valence-corrected chi connectivity index (χ0v) is 9.87. The van der Waals surface area contributed by atoms with Gasteiger partial charge in [0.15, 0.2) is 0 Å². The summed E-state index contributed by atoms with van der Waals surface area (Å²) in [6.45, 7) is 1.88. The van der Waals surface area contributed by atoms with Crippen molar-refractivity contribution in [3.8, 4) is 5.75 Å². The van der Waals surface area contributed by atoms with Crippen LogP contribution in [0.4, 0.5) is 4.39 Å². The minimum atomic E-state index is -0.207. The molecule has 0 saturated carbocycles. The van der Waals surface area contributed by atoms with Crippen molar-refractivity contribution in [3.63, 3.8) is 0 Å². The Hall–Kier alpha value is -1.40. The average molecular weight is 234 g/mol. The van der Waals surface area contributed by atoms with Crippen molar-refractivity contribution in [2.75, 3.05) is 0 Å². The molecule has 0 saturated heterocycles. The van der Waals surface area contributed by atoms with Gasteiger partial charge in [-0.1, -0.05) is 38.9 Å². The highest BCUT2D eigenvalue weighted by atomic mass is 31.1. The van der Waals surface area contributed by atoms with Crippen LogP contribution in [0.2, 0.25) is 0 Å². The quantitative estimate of drug-likeness (QED) is 0.791. The zero-order valence-electron chi connectivity index (χ0n) is 8.87. The fourth-order valence-electron chi connectivity index (χ4n) is 1.50. The molecule has 1 N–H and O–H groups in total. The van der Waals surface area contributed by atoms with E-state index < -0.39 is 0 Å². The van der Waals surface area contributed by atoms with Crippen LogP contribution in [0, 0.1) is 12.7 Å². The third-order valence-electron chi connectivity index (χ3n) is 2.39. The number of hydrogen-bond acceptors (Lipinski definition) is 1. The van der Waals surface area contributed by atoms with Gasteiger partial charge in [-0.05, 0) is 24.6 Å². The molecule has 0 bridgehead atoms. The highest BCUT2D eigenvalue weighted by molar-refractivity contribution is 7.55. The normalized spacial score (nSPS) is 11.1. The molecule has 0 aliphatic heterocycles. The van der Waals surface area contributed by atoms with E-state index in [1.807, 2.05) is 25.1 Å². The molecular formula is C13H12FOP. The van der Waals surface area contributed by atoms with Crippen LogP contribution in [-0.2, 0) is 0 Å². The van der Waals surface area contributed by atoms with Crippen LogP contribution in [-0.4, -0.2) is 5.11 Å². The predicted molar refractivity (Wildman–Crippen MR) is 66.8 cm³/mol. The van der Waals surface area contributed by atoms with Gasteiger partial charge in [0, 0.05) is 10.6 Å². The maximum Gasteiger partial charge on any atom is 0.131 e. The second-order valence-electron chi connectivity index (χ2n) is 3.57. The van der Waals surface area contributed by atoms with Crippen LogP contribution in [0.15, 0.2) is 42.5 Å². The second-order valence-corrected chi connectivity index (χ2v) is 4.86. The van der Waals surface area contributed by atoms with Crippen LogP contribution in [0.1, 0.15) is 5.56 Å². The highest BCUT2D eigenvalue weighted by Gasteiger charge is 2.08. The first-order valence-electron chi connectivity index (χ1n) is 4.98. The third kappa shape index (κ3) is 2.23. The molecule has 0 aromatic heterocycles. The number of rotatable bonds is 2. The summed E-state index contributed by atoms with van der Waals surface area (Å²) < 4.78 is 13.6. The van der Waals surface area contributed by atoms with Crippen LogP contribution in [0.5, 0.6) is 5.75 Å². The lowest BCUT2D eigenvalue weighted by atomic mass is 10.2. The Morgan fingerprint density at radius 1 is 1.06 bits per heavy atom. The molecule has 0 heterocycles. The first-order valence-corrected chi connectivity index (χ1v) is 5.98. The van der Waals surface area contributed by atoms with Gasteiger partial charge in [-0.25, -0.2) is 4.39 Å². The van der Waals surface area contributed by atoms with E-state index >= 15 is 0 Å². The summed E-state index contributed by atoms with van der Waals surface area (Å²) in [4.78, 5) is 0. The van der Waals surface area contributed by atoms with Gasteiger partial charge < -0.3 is 5.11 Å². The molecule has 2 rings (SSSR count). The molecular weight excluding hydrogens is 222 g/mol. The smallest absolute Gasteiger partial charge is 0.131 e. The van der Waals surface area contributed by atoms with Crippen molar-refractivity contribution in [2.24, 2.45) is 0 Å². The summed E-state index contributed by atoms with van der Waals surface area (Å²) in [5, 5.41) is 11.1. The standard InChI is InChI=1S/C13H12FOP/c1-9-5-4-6-10(14)13(9)16-12-8-3-2-7-11(12)15/h2-8,15-16H,1H3. The Morgan fingerprint density at radius 2 is 1.81 bits per heavy atom. The SMILES string of the molecule is Cc1cccc(F)c1Pc1ccccc1O. The minimum absolute atomic E-state index is 0.148. The molecule has 1 atom stereocenters. The molecule has 2 aromatic rings. The lowest BCUT2D eigenvalue weighted by Crippen LogP contribution is -2.11. The summed E-state index contributed by atoms with van der Waals surface area (Å²) in [6.07, 6.45) is 0. The van der Waals surface area contributed by atoms with Gasteiger partial charge in [0.1, 0.15) is 11.6 Å². The maximum absolute atomic E-state index is 13.6. The summed E-state index contributed by atoms with van der Waals surface area (Å²) in [5.41, 5.74) is 0.918. The Labute approximate surface area is 95.7 Å². The van der Waals surface area contributed by atoms with Crippen LogP contribution >= 0.6 is 8.58 Å². The van der Waals surface area contributed by atoms with Gasteiger partial charge in [0.25, 0.3) is 0 Å². The van der Waals surface area contributed by atoms with Crippen molar-refractivity contribution in [2.45, 2.75) is 6.92 Å². The second kappa shape index (κ2) is 4.63. The van der Waals surface area contributed by atoms with E-state index in [-0.39, 0.29) is 20.1 Å². The molecule has 82 valence electrons. The molecule has 0 spiro atoms. The van der Waals surface area contributed by atoms with Crippen LogP contribution in [0.25, 0.3) is 0 Å². The van der Waals surface area contributed by atoms with E-state index in [2.05, 4.69) is 0 Å². The van der Waals surface area contributed by atoms with Gasteiger partial charge >= 0.3 is 0 Å². The van der Waals surface area contributed by atoms with Gasteiger partial charge in [-0.3, -0.25) is 0 Å². The van der Waals surface area contributed by atoms with Crippen LogP contribution < -0.4 is 10.6 Å². The van der Waals surface area contributed by atoms with Gasteiger partial charge in [0.2, 0.25) is 0 Å². The topological polar surface area (TPSA) is 20.2 Å². The van der Waals surface area contributed by atoms with Gasteiger partial charge in [-0.15, -0.1) is 0 Å². The highest BCUT2D eigenvalue weighted by Crippen LogP contribution is 2.20. The summed E-state index contributed by atoms with van der Waals surface area (Å²) in [6, 6.07) is 12.1. The minimum Gasteiger partial charge on any atom is -0.507 e. The van der Waals surface area contributed by atoms with E-state index in [1.54, 1.807) is 18.2 Å². The molecule has 0 radical (unpaired) electrons. The number of hydrogen-bond donors (Lipinski definition) is 1. The average Bonchev–Trinajstić information content (AvgIpc) is 2.26. The van der Waals surface area contributed by atoms with Crippen molar-refractivity contribution in [3.05, 3.63) is 53.8 Å². The van der Waals surface area contributed by atoms with Gasteiger partial charge in [0.05, 0.1) is 0 Å². The molecule has 1 nitrogen and oxygen atoms in total. The fraction of sp³-hybridized carbons (Fsp3) is 0.0769. The molecule has 0 amide bonds. The number of phenolic OH excluding ortho intramolecular Hbond substituents is 1. The van der Waals surface area contributed by atoms with Gasteiger partial charge in [-0.2, -0.15) is 0 Å². The Morgan fingerprint density at radius 3 is 2.50 bits per heavy atom. The van der Waals surface area contributed by atoms with E-state index in [0.29, 0.717) is 5.30 Å². The number of aromatic hydroxyl groups is 1. The molecule has 0 aliphatic carbocycles. The number of halogens is 1. The molecule has 2 aromatic carbocycles. The van der Waals surface area contributed by atoms with E-state index in [4.69, 9.17) is 0 Å². The molecule has 0 fully saturated rings. The fourth-order valence-corrected chi connectivity index (χ4v) is 2.65. The molecule has 0 aliphatic rings. The summed E-state index contributed by atoms with van der Waals surface area (Å²) in [7, 11) is 0.148. The molecule has 3 heteroatoms. The summed E-state index contributed by atoms with van der Waals surface area (Å²) >= 11 is 0. The Kier molecular flexibility index (Phi) is 3.21. The number of phenols is 1. The monoisotopic (exact) mass is 234 g/mol.